The van der Waals surface area contributed by atoms with Crippen LogP contribution in [0.4, 0.5) is 0 Å². The van der Waals surface area contributed by atoms with Crippen molar-refractivity contribution in [2.45, 2.75) is 72.1 Å². The lowest BCUT2D eigenvalue weighted by Crippen LogP contribution is -2.34. The third-order valence-electron chi connectivity index (χ3n) is 6.05. The van der Waals surface area contributed by atoms with Gasteiger partial charge in [0.25, 0.3) is 16.0 Å². The predicted octanol–water partition coefficient (Wildman–Crippen LogP) is 4.65. The first-order valence-corrected chi connectivity index (χ1v) is 14.0. The second-order valence-electron chi connectivity index (χ2n) is 10.2. The SMILES string of the molecule is CC(C)CCN(CCC(C)C)C(=O)c1ccc2nc(C3CC3)c(CCCOS(C)(=O)=O)n2c1. The molecule has 1 aliphatic rings. The van der Waals surface area contributed by atoms with Crippen molar-refractivity contribution in [2.24, 2.45) is 11.8 Å². The quantitative estimate of drug-likeness (QED) is 0.310. The van der Waals surface area contributed by atoms with Gasteiger partial charge in [-0.05, 0) is 62.5 Å². The fourth-order valence-electron chi connectivity index (χ4n) is 3.95. The molecule has 0 spiro atoms. The van der Waals surface area contributed by atoms with Crippen LogP contribution in [0, 0.1) is 11.8 Å². The molecule has 184 valence electrons. The molecule has 0 atom stereocenters. The molecule has 0 aromatic carbocycles. The van der Waals surface area contributed by atoms with E-state index in [4.69, 9.17) is 9.17 Å². The van der Waals surface area contributed by atoms with E-state index in [1.807, 2.05) is 27.6 Å². The molecule has 2 aromatic rings. The number of amides is 1. The standard InChI is InChI=1S/C25H39N3O4S/c1-18(2)12-14-27(15-13-19(3)4)25(29)21-10-11-23-26-24(20-8-9-20)22(28(23)17-21)7-6-16-32-33(5,30)31/h10-11,17-20H,6-9,12-16H2,1-5H3. The number of pyridine rings is 1. The molecule has 1 fully saturated rings. The molecule has 0 radical (unpaired) electrons. The molecular weight excluding hydrogens is 438 g/mol. The number of carbonyl (C=O) groups excluding carboxylic acids is 1. The number of hydrogen-bond acceptors (Lipinski definition) is 5. The number of aryl methyl sites for hydroxylation is 1. The van der Waals surface area contributed by atoms with Gasteiger partial charge in [-0.15, -0.1) is 0 Å². The zero-order valence-corrected chi connectivity index (χ0v) is 21.5. The molecule has 8 heteroatoms. The molecular formula is C25H39N3O4S. The number of carbonyl (C=O) groups is 1. The molecule has 7 nitrogen and oxygen atoms in total. The van der Waals surface area contributed by atoms with Crippen molar-refractivity contribution < 1.29 is 17.4 Å². The van der Waals surface area contributed by atoms with Gasteiger partial charge in [0.1, 0.15) is 5.65 Å². The van der Waals surface area contributed by atoms with E-state index in [1.165, 1.54) is 0 Å². The maximum absolute atomic E-state index is 13.5. The highest BCUT2D eigenvalue weighted by molar-refractivity contribution is 7.85. The summed E-state index contributed by atoms with van der Waals surface area (Å²) in [5, 5.41) is 0. The van der Waals surface area contributed by atoms with Gasteiger partial charge in [0.15, 0.2) is 0 Å². The molecule has 1 aliphatic carbocycles. The van der Waals surface area contributed by atoms with Crippen LogP contribution in [0.2, 0.25) is 0 Å². The molecule has 0 saturated heterocycles. The molecule has 2 heterocycles. The van der Waals surface area contributed by atoms with Crippen LogP contribution < -0.4 is 0 Å². The van der Waals surface area contributed by atoms with Crippen molar-refractivity contribution in [2.75, 3.05) is 26.0 Å². The Kier molecular flexibility index (Phi) is 8.56. The lowest BCUT2D eigenvalue weighted by Gasteiger charge is -2.24. The summed E-state index contributed by atoms with van der Waals surface area (Å²) < 4.78 is 29.5. The summed E-state index contributed by atoms with van der Waals surface area (Å²) in [6.07, 6.45) is 8.43. The summed E-state index contributed by atoms with van der Waals surface area (Å²) in [4.78, 5) is 20.3. The lowest BCUT2D eigenvalue weighted by molar-refractivity contribution is 0.0740. The predicted molar refractivity (Wildman–Crippen MR) is 131 cm³/mol. The van der Waals surface area contributed by atoms with Crippen molar-refractivity contribution in [1.82, 2.24) is 14.3 Å². The second-order valence-corrected chi connectivity index (χ2v) is 11.8. The fourth-order valence-corrected chi connectivity index (χ4v) is 4.37. The molecule has 2 aromatic heterocycles. The van der Waals surface area contributed by atoms with Crippen LogP contribution in [0.3, 0.4) is 0 Å². The van der Waals surface area contributed by atoms with E-state index >= 15 is 0 Å². The molecule has 0 N–H and O–H groups in total. The average molecular weight is 478 g/mol. The van der Waals surface area contributed by atoms with Gasteiger partial charge in [-0.3, -0.25) is 8.98 Å². The lowest BCUT2D eigenvalue weighted by atomic mass is 10.1. The van der Waals surface area contributed by atoms with Crippen LogP contribution in [-0.2, 0) is 20.7 Å². The Balaban J connectivity index is 1.84. The molecule has 0 bridgehead atoms. The minimum Gasteiger partial charge on any atom is -0.339 e. The number of aromatic nitrogens is 2. The van der Waals surface area contributed by atoms with Crippen LogP contribution in [0.1, 0.15) is 87.5 Å². The van der Waals surface area contributed by atoms with Gasteiger partial charge >= 0.3 is 0 Å². The van der Waals surface area contributed by atoms with E-state index < -0.39 is 10.1 Å². The highest BCUT2D eigenvalue weighted by Gasteiger charge is 2.30. The highest BCUT2D eigenvalue weighted by Crippen LogP contribution is 2.41. The Morgan fingerprint density at radius 2 is 1.79 bits per heavy atom. The zero-order valence-electron chi connectivity index (χ0n) is 20.7. The molecule has 0 aliphatic heterocycles. The van der Waals surface area contributed by atoms with Gasteiger partial charge in [0, 0.05) is 30.9 Å². The molecule has 3 rings (SSSR count). The summed E-state index contributed by atoms with van der Waals surface area (Å²) in [5.74, 6) is 1.60. The van der Waals surface area contributed by atoms with Crippen molar-refractivity contribution >= 4 is 21.7 Å². The topological polar surface area (TPSA) is 81.0 Å². The first-order valence-electron chi connectivity index (χ1n) is 12.2. The number of imidazole rings is 1. The van der Waals surface area contributed by atoms with Gasteiger partial charge in [0.05, 0.1) is 24.1 Å². The third kappa shape index (κ3) is 7.54. The van der Waals surface area contributed by atoms with Crippen LogP contribution in [0.5, 0.6) is 0 Å². The number of rotatable bonds is 13. The molecule has 1 amide bonds. The Hall–Kier alpha value is -1.93. The van der Waals surface area contributed by atoms with E-state index in [-0.39, 0.29) is 12.5 Å². The smallest absolute Gasteiger partial charge is 0.264 e. The van der Waals surface area contributed by atoms with Crippen molar-refractivity contribution in [3.63, 3.8) is 0 Å². The first kappa shape index (κ1) is 25.7. The first-order chi connectivity index (χ1) is 15.5. The number of fused-ring (bicyclic) bond motifs is 1. The van der Waals surface area contributed by atoms with E-state index in [0.717, 1.165) is 62.1 Å². The van der Waals surface area contributed by atoms with E-state index in [1.54, 1.807) is 0 Å². The Labute approximate surface area is 198 Å². The van der Waals surface area contributed by atoms with Gasteiger partial charge < -0.3 is 9.30 Å². The van der Waals surface area contributed by atoms with E-state index in [9.17, 15) is 13.2 Å². The van der Waals surface area contributed by atoms with Gasteiger partial charge in [-0.2, -0.15) is 8.42 Å². The second kappa shape index (κ2) is 11.0. The molecule has 0 unspecified atom stereocenters. The van der Waals surface area contributed by atoms with Crippen molar-refractivity contribution in [3.05, 3.63) is 35.3 Å². The molecule has 33 heavy (non-hydrogen) atoms. The van der Waals surface area contributed by atoms with Crippen LogP contribution >= 0.6 is 0 Å². The third-order valence-corrected chi connectivity index (χ3v) is 6.65. The summed E-state index contributed by atoms with van der Waals surface area (Å²) in [6, 6.07) is 3.81. The van der Waals surface area contributed by atoms with Crippen LogP contribution in [0.25, 0.3) is 5.65 Å². The summed E-state index contributed by atoms with van der Waals surface area (Å²) >= 11 is 0. The van der Waals surface area contributed by atoms with E-state index in [0.29, 0.717) is 36.2 Å². The maximum atomic E-state index is 13.5. The Bertz CT molecular complexity index is 1040. The fraction of sp³-hybridized carbons (Fsp3) is 0.680. The summed E-state index contributed by atoms with van der Waals surface area (Å²) in [7, 11) is -3.45. The number of hydrogen-bond donors (Lipinski definition) is 0. The largest absolute Gasteiger partial charge is 0.339 e. The van der Waals surface area contributed by atoms with Gasteiger partial charge in [-0.1, -0.05) is 27.7 Å². The average Bonchev–Trinajstić information content (AvgIpc) is 3.51. The monoisotopic (exact) mass is 477 g/mol. The Morgan fingerprint density at radius 3 is 2.33 bits per heavy atom. The minimum absolute atomic E-state index is 0.0613. The van der Waals surface area contributed by atoms with Crippen LogP contribution in [-0.4, -0.2) is 54.6 Å². The molecule has 1 saturated carbocycles. The highest BCUT2D eigenvalue weighted by atomic mass is 32.2. The van der Waals surface area contributed by atoms with E-state index in [2.05, 4.69) is 27.7 Å². The summed E-state index contributed by atoms with van der Waals surface area (Å²) in [5.41, 5.74) is 3.65. The number of nitrogens with zero attached hydrogens (tertiary/aromatic N) is 3. The maximum Gasteiger partial charge on any atom is 0.264 e. The van der Waals surface area contributed by atoms with Crippen molar-refractivity contribution in [1.29, 1.82) is 0 Å². The minimum atomic E-state index is -3.45. The van der Waals surface area contributed by atoms with Gasteiger partial charge in [0.2, 0.25) is 0 Å². The van der Waals surface area contributed by atoms with Crippen molar-refractivity contribution in [3.8, 4) is 0 Å². The van der Waals surface area contributed by atoms with Crippen LogP contribution in [0.15, 0.2) is 18.3 Å². The normalized spacial score (nSPS) is 14.5. The zero-order chi connectivity index (χ0) is 24.2. The van der Waals surface area contributed by atoms with Gasteiger partial charge in [-0.25, -0.2) is 4.98 Å². The Morgan fingerprint density at radius 1 is 1.15 bits per heavy atom. The summed E-state index contributed by atoms with van der Waals surface area (Å²) in [6.45, 7) is 10.4.